The van der Waals surface area contributed by atoms with Crippen LogP contribution < -0.4 is 72.1 Å². The van der Waals surface area contributed by atoms with E-state index in [1.165, 1.54) is 64.5 Å². The van der Waals surface area contributed by atoms with Crippen molar-refractivity contribution in [3.8, 4) is 23.0 Å². The number of carbonyl (C=O) groups is 12. The number of rotatable bonds is 46. The normalized spacial score (nSPS) is 14.8. The van der Waals surface area contributed by atoms with E-state index >= 15 is 0 Å². The van der Waals surface area contributed by atoms with Gasteiger partial charge in [0.1, 0.15) is 50.6 Å². The van der Waals surface area contributed by atoms with Crippen molar-refractivity contribution in [1.29, 1.82) is 0 Å². The molecular formula is C91H132N12O22Si2. The summed E-state index contributed by atoms with van der Waals surface area (Å²) >= 11 is 0. The predicted octanol–water partition coefficient (Wildman–Crippen LogP) is 13.9. The van der Waals surface area contributed by atoms with Crippen LogP contribution in [0.15, 0.2) is 122 Å². The molecule has 12 amide bonds. The van der Waals surface area contributed by atoms with Gasteiger partial charge in [0.2, 0.25) is 35.4 Å². The van der Waals surface area contributed by atoms with Crippen LogP contribution >= 0.6 is 0 Å². The number of hydrogen-bond acceptors (Lipinski definition) is 22. The maximum absolute atomic E-state index is 15.0. The molecule has 127 heavy (non-hydrogen) atoms. The van der Waals surface area contributed by atoms with Gasteiger partial charge in [0.05, 0.1) is 75.2 Å². The van der Waals surface area contributed by atoms with Crippen molar-refractivity contribution in [1.82, 2.24) is 41.7 Å². The van der Waals surface area contributed by atoms with Crippen LogP contribution in [0.25, 0.3) is 0 Å². The Bertz CT molecular complexity index is 4300. The SMILES string of the molecule is C=CCOC(=O)N[C@H](C(=O)N[C@@H](C)C(=O)NCCC(=O)Nc1ccc(COC(=O)Nc2cc(OCCCCCOc3cc(NC(=O)OCc4ccc(NC(=O)CCNC(=O)[C@H](C)NC(=O)[C@@H](NC(=O)OCC=C)C(C)C)cc4)c(C(=O)N4C=C(C)C[C@H]4CO[Si](C)(C)C(C)(C)C)cc3OC)c(OC)cc2C(=O)N2C=C(C)C[C@H]2CO[Si](C)(C)C(C)(C)C)cc1)C(C)C. The summed E-state index contributed by atoms with van der Waals surface area (Å²) in [6, 6.07) is 14.4. The molecule has 4 aromatic rings. The molecule has 6 atom stereocenters. The second-order valence-corrected chi connectivity index (χ2v) is 44.6. The smallest absolute Gasteiger partial charge is 0.411 e. The first-order valence-corrected chi connectivity index (χ1v) is 48.5. The van der Waals surface area contributed by atoms with Crippen molar-refractivity contribution < 1.29 is 104 Å². The van der Waals surface area contributed by atoms with E-state index in [0.29, 0.717) is 54.6 Å². The third-order valence-electron chi connectivity index (χ3n) is 22.0. The molecule has 4 aromatic carbocycles. The maximum atomic E-state index is 15.0. The molecule has 0 saturated carbocycles. The van der Waals surface area contributed by atoms with Crippen LogP contribution in [0.1, 0.15) is 174 Å². The molecule has 2 heterocycles. The molecule has 0 fully saturated rings. The average Bonchev–Trinajstić information content (AvgIpc) is 1.77. The van der Waals surface area contributed by atoms with Crippen LogP contribution in [-0.4, -0.2) is 201 Å². The minimum atomic E-state index is -2.26. The van der Waals surface area contributed by atoms with Crippen LogP contribution in [0.2, 0.25) is 36.3 Å². The Hall–Kier alpha value is -11.8. The van der Waals surface area contributed by atoms with E-state index in [4.69, 9.17) is 46.7 Å². The molecule has 0 spiro atoms. The van der Waals surface area contributed by atoms with Gasteiger partial charge in [-0.25, -0.2) is 19.2 Å². The summed E-state index contributed by atoms with van der Waals surface area (Å²) in [6.07, 6.45) is 5.36. The first-order chi connectivity index (χ1) is 59.8. The standard InChI is InChI=1S/C91H132N12O22Si2/c1-23-40-120-88(114)100-78(56(3)4)82(108)94-60(9)80(106)92-38-36-76(104)96-64-32-28-62(29-33-64)52-122-86(112)98-70-48-74(72(116-17)46-68(70)84(110)102-50-58(7)44-66(102)54-124-126(19,20)90(11,12)13)118-42-26-25-27-43-119-75-49-71(69(47-73(75)117-18)85(111)103-51-59(8)45-67(103)55-125-127(21,22)91(14,15)16)99-87(113)123-53-63-30-34-65(35-31-63)97-77(105)37-39-93-81(107)61(10)95-83(109)79(57(5)6)101-89(115)121-41-24-2/h23-24,28-35,46-51,56-57,60-61,66-67,78-79H,1-2,25-27,36-45,52-55H2,3-22H3,(H,92,106)(H,93,107)(H,94,108)(H,95,109)(H,96,104)(H,97,105)(H,98,112)(H,99,113)(H,100,114)(H,101,115)/t60-,61-,66-,67-,78-,79-/m0/s1. The minimum Gasteiger partial charge on any atom is -0.493 e. The quantitative estimate of drug-likeness (QED) is 0.00850. The molecule has 0 bridgehead atoms. The highest BCUT2D eigenvalue weighted by Gasteiger charge is 2.42. The van der Waals surface area contributed by atoms with Gasteiger partial charge in [-0.2, -0.15) is 0 Å². The topological polar surface area (TPSA) is 424 Å². The van der Waals surface area contributed by atoms with Gasteiger partial charge in [-0.1, -0.05) is 130 Å². The zero-order valence-electron chi connectivity index (χ0n) is 77.2. The fourth-order valence-electron chi connectivity index (χ4n) is 12.5. The zero-order valence-corrected chi connectivity index (χ0v) is 79.2. The van der Waals surface area contributed by atoms with Crippen LogP contribution in [0, 0.1) is 11.8 Å². The maximum Gasteiger partial charge on any atom is 0.411 e. The summed E-state index contributed by atoms with van der Waals surface area (Å²) in [5.41, 5.74) is 4.18. The van der Waals surface area contributed by atoms with E-state index < -0.39 is 112 Å². The number of alkyl carbamates (subject to hydrolysis) is 2. The molecule has 0 aliphatic carbocycles. The van der Waals surface area contributed by atoms with Gasteiger partial charge in [0, 0.05) is 61.8 Å². The Morgan fingerprint density at radius 1 is 0.465 bits per heavy atom. The summed E-state index contributed by atoms with van der Waals surface area (Å²) in [5, 5.41) is 26.3. The third kappa shape index (κ3) is 32.6. The van der Waals surface area contributed by atoms with E-state index in [1.54, 1.807) is 98.4 Å². The van der Waals surface area contributed by atoms with Crippen LogP contribution in [0.3, 0.4) is 0 Å². The summed E-state index contributed by atoms with van der Waals surface area (Å²) in [6.45, 7) is 42.4. The molecule has 0 saturated heterocycles. The Morgan fingerprint density at radius 3 is 1.14 bits per heavy atom. The number of carbonyl (C=O) groups excluding carboxylic acids is 12. The molecule has 34 nitrogen and oxygen atoms in total. The number of hydrogen-bond donors (Lipinski definition) is 10. The summed E-state index contributed by atoms with van der Waals surface area (Å²) in [7, 11) is -1.63. The Morgan fingerprint density at radius 2 is 0.819 bits per heavy atom. The van der Waals surface area contributed by atoms with Crippen molar-refractivity contribution >= 4 is 111 Å². The summed E-state index contributed by atoms with van der Waals surface area (Å²) in [5.74, 6) is -3.82. The number of nitrogens with one attached hydrogen (secondary N) is 10. The van der Waals surface area contributed by atoms with Gasteiger partial charge in [0.15, 0.2) is 39.6 Å². The first-order valence-electron chi connectivity index (χ1n) is 42.7. The van der Waals surface area contributed by atoms with Crippen molar-refractivity contribution in [2.45, 2.75) is 228 Å². The lowest BCUT2D eigenvalue weighted by molar-refractivity contribution is -0.130. The molecule has 0 unspecified atom stereocenters. The lowest BCUT2D eigenvalue weighted by Crippen LogP contribution is -2.54. The number of ether oxygens (including phenoxy) is 8. The molecule has 2 aliphatic rings. The lowest BCUT2D eigenvalue weighted by atomic mass is 10.0. The van der Waals surface area contributed by atoms with Gasteiger partial charge in [-0.3, -0.25) is 49.0 Å². The third-order valence-corrected chi connectivity index (χ3v) is 31.0. The zero-order chi connectivity index (χ0) is 94.3. The van der Waals surface area contributed by atoms with Crippen LogP contribution in [0.5, 0.6) is 23.0 Å². The highest BCUT2D eigenvalue weighted by atomic mass is 28.4. The molecule has 0 aromatic heterocycles. The Labute approximate surface area is 747 Å². The monoisotopic (exact) mass is 1800 g/mol. The van der Waals surface area contributed by atoms with Gasteiger partial charge in [0.25, 0.3) is 11.8 Å². The highest BCUT2D eigenvalue weighted by Crippen LogP contribution is 2.42. The minimum absolute atomic E-state index is 0.0499. The molecular weight excluding hydrogens is 1670 g/mol. The highest BCUT2D eigenvalue weighted by molar-refractivity contribution is 6.74. The second kappa shape index (κ2) is 48.8. The molecule has 2 aliphatic heterocycles. The lowest BCUT2D eigenvalue weighted by Gasteiger charge is -2.38. The molecule has 696 valence electrons. The number of amides is 12. The van der Waals surface area contributed by atoms with E-state index in [2.05, 4.69) is 134 Å². The Balaban J connectivity index is 1.11. The molecule has 10 N–H and O–H groups in total. The molecule has 6 rings (SSSR count). The first kappa shape index (κ1) is 104. The van der Waals surface area contributed by atoms with E-state index in [0.717, 1.165) is 11.1 Å². The number of nitrogens with zero attached hydrogens (tertiary/aromatic N) is 2. The van der Waals surface area contributed by atoms with E-state index in [9.17, 15) is 57.5 Å². The van der Waals surface area contributed by atoms with E-state index in [-0.39, 0.29) is 158 Å². The number of unbranched alkanes of at least 4 members (excludes halogenated alkanes) is 2. The Kier molecular flexibility index (Phi) is 40.0. The fourth-order valence-corrected chi connectivity index (χ4v) is 14.6. The summed E-state index contributed by atoms with van der Waals surface area (Å²) < 4.78 is 59.1. The van der Waals surface area contributed by atoms with Crippen LogP contribution in [0.4, 0.5) is 41.9 Å². The van der Waals surface area contributed by atoms with Gasteiger partial charge >= 0.3 is 24.4 Å². The average molecular weight is 1800 g/mol. The number of benzene rings is 4. The predicted molar refractivity (Wildman–Crippen MR) is 489 cm³/mol. The van der Waals surface area contributed by atoms with Gasteiger partial charge in [-0.15, -0.1) is 0 Å². The van der Waals surface area contributed by atoms with Crippen LogP contribution in [-0.2, 0) is 69.8 Å². The van der Waals surface area contributed by atoms with Crippen molar-refractivity contribution in [3.63, 3.8) is 0 Å². The van der Waals surface area contributed by atoms with Crippen molar-refractivity contribution in [3.05, 3.63) is 144 Å². The number of anilines is 4. The summed E-state index contributed by atoms with van der Waals surface area (Å²) in [4.78, 5) is 163. The molecule has 0 radical (unpaired) electrons. The van der Waals surface area contributed by atoms with Gasteiger partial charge < -0.3 is 99.1 Å². The van der Waals surface area contributed by atoms with E-state index in [1.807, 2.05) is 13.8 Å². The number of methoxy groups -OCH3 is 2. The van der Waals surface area contributed by atoms with Crippen molar-refractivity contribution in [2.24, 2.45) is 11.8 Å². The second-order valence-electron chi connectivity index (χ2n) is 35.0. The largest absolute Gasteiger partial charge is 0.493 e. The molecule has 36 heteroatoms. The van der Waals surface area contributed by atoms with Gasteiger partial charge in [-0.05, 0) is 155 Å². The fraction of sp³-hybridized carbons (Fsp3) is 0.516. The van der Waals surface area contributed by atoms with Crippen molar-refractivity contribution in [2.75, 3.05) is 88.2 Å².